The molecule has 2 aromatic rings. The summed E-state index contributed by atoms with van der Waals surface area (Å²) in [5.74, 6) is 1.77. The van der Waals surface area contributed by atoms with Crippen LogP contribution in [0.1, 0.15) is 24.6 Å². The number of hydrogen-bond donors (Lipinski definition) is 2. The van der Waals surface area contributed by atoms with Gasteiger partial charge in [0.2, 0.25) is 0 Å². The van der Waals surface area contributed by atoms with Crippen LogP contribution in [0.5, 0.6) is 0 Å². The van der Waals surface area contributed by atoms with Gasteiger partial charge in [0, 0.05) is 5.92 Å². The van der Waals surface area contributed by atoms with Gasteiger partial charge in [0.05, 0.1) is 11.0 Å². The number of aromatic nitrogens is 2. The highest BCUT2D eigenvalue weighted by Gasteiger charge is 2.18. The minimum Gasteiger partial charge on any atom is -0.412 e. The van der Waals surface area contributed by atoms with Crippen LogP contribution in [-0.4, -0.2) is 28.5 Å². The van der Waals surface area contributed by atoms with Crippen LogP contribution in [-0.2, 0) is 0 Å². The Bertz CT molecular complexity index is 436. The van der Waals surface area contributed by atoms with E-state index in [1.54, 1.807) is 0 Å². The SMILES string of the molecule is Cl.Cl.O.c1ccc2[nH]c(C3CCNCC3)nc2c1. The van der Waals surface area contributed by atoms with E-state index in [0.29, 0.717) is 5.92 Å². The molecule has 0 atom stereocenters. The highest BCUT2D eigenvalue weighted by Crippen LogP contribution is 2.24. The van der Waals surface area contributed by atoms with Gasteiger partial charge in [-0.3, -0.25) is 0 Å². The predicted octanol–water partition coefficient (Wildman–Crippen LogP) is 2.05. The number of nitrogens with zero attached hydrogens (tertiary/aromatic N) is 1. The Morgan fingerprint density at radius 1 is 1.06 bits per heavy atom. The zero-order chi connectivity index (χ0) is 10.1. The lowest BCUT2D eigenvalue weighted by molar-refractivity contribution is 0.448. The number of nitrogens with one attached hydrogen (secondary N) is 2. The lowest BCUT2D eigenvalue weighted by Gasteiger charge is -2.20. The Hall–Kier alpha value is -0.810. The van der Waals surface area contributed by atoms with Crippen LogP contribution in [0.4, 0.5) is 0 Å². The molecule has 1 aromatic carbocycles. The third-order valence-corrected chi connectivity index (χ3v) is 3.13. The second-order valence-corrected chi connectivity index (χ2v) is 4.16. The maximum atomic E-state index is 4.65. The Kier molecular flexibility index (Phi) is 7.25. The lowest BCUT2D eigenvalue weighted by atomic mass is 9.98. The van der Waals surface area contributed by atoms with Gasteiger partial charge in [-0.05, 0) is 38.1 Å². The van der Waals surface area contributed by atoms with Crippen molar-refractivity contribution >= 4 is 35.8 Å². The first kappa shape index (κ1) is 17.2. The van der Waals surface area contributed by atoms with Crippen LogP contribution >= 0.6 is 24.8 Å². The molecule has 0 unspecified atom stereocenters. The van der Waals surface area contributed by atoms with E-state index in [9.17, 15) is 0 Å². The van der Waals surface area contributed by atoms with Gasteiger partial charge in [0.1, 0.15) is 5.82 Å². The Morgan fingerprint density at radius 3 is 2.39 bits per heavy atom. The minimum absolute atomic E-state index is 0. The summed E-state index contributed by atoms with van der Waals surface area (Å²) in [6, 6.07) is 8.24. The molecule has 0 bridgehead atoms. The first-order chi connectivity index (χ1) is 7.43. The summed E-state index contributed by atoms with van der Waals surface area (Å²) >= 11 is 0. The molecular weight excluding hydrogens is 273 g/mol. The maximum absolute atomic E-state index is 4.65. The Balaban J connectivity index is 0.000000963. The van der Waals surface area contributed by atoms with E-state index in [0.717, 1.165) is 29.9 Å². The van der Waals surface area contributed by atoms with E-state index >= 15 is 0 Å². The van der Waals surface area contributed by atoms with Crippen molar-refractivity contribution in [2.75, 3.05) is 13.1 Å². The van der Waals surface area contributed by atoms with Crippen molar-refractivity contribution < 1.29 is 5.48 Å². The Labute approximate surface area is 119 Å². The van der Waals surface area contributed by atoms with E-state index < -0.39 is 0 Å². The number of hydrogen-bond acceptors (Lipinski definition) is 2. The molecule has 0 radical (unpaired) electrons. The maximum Gasteiger partial charge on any atom is 0.110 e. The highest BCUT2D eigenvalue weighted by atomic mass is 35.5. The van der Waals surface area contributed by atoms with Crippen molar-refractivity contribution in [1.82, 2.24) is 15.3 Å². The summed E-state index contributed by atoms with van der Waals surface area (Å²) in [5, 5.41) is 3.38. The lowest BCUT2D eigenvalue weighted by Crippen LogP contribution is -2.27. The number of para-hydroxylation sites is 2. The van der Waals surface area contributed by atoms with E-state index in [1.165, 1.54) is 12.8 Å². The smallest absolute Gasteiger partial charge is 0.110 e. The van der Waals surface area contributed by atoms with Gasteiger partial charge in [-0.1, -0.05) is 12.1 Å². The summed E-state index contributed by atoms with van der Waals surface area (Å²) in [7, 11) is 0. The van der Waals surface area contributed by atoms with Crippen molar-refractivity contribution in [3.8, 4) is 0 Å². The van der Waals surface area contributed by atoms with E-state index in [4.69, 9.17) is 0 Å². The van der Waals surface area contributed by atoms with Crippen LogP contribution in [0.15, 0.2) is 24.3 Å². The highest BCUT2D eigenvalue weighted by molar-refractivity contribution is 5.85. The van der Waals surface area contributed by atoms with E-state index in [-0.39, 0.29) is 30.3 Å². The molecule has 4 nitrogen and oxygen atoms in total. The summed E-state index contributed by atoms with van der Waals surface area (Å²) in [5.41, 5.74) is 2.25. The summed E-state index contributed by atoms with van der Waals surface area (Å²) < 4.78 is 0. The van der Waals surface area contributed by atoms with Gasteiger partial charge >= 0.3 is 0 Å². The average molecular weight is 292 g/mol. The van der Waals surface area contributed by atoms with Gasteiger partial charge in [0.25, 0.3) is 0 Å². The van der Waals surface area contributed by atoms with Crippen LogP contribution in [0.25, 0.3) is 11.0 Å². The standard InChI is InChI=1S/C12H15N3.2ClH.H2O/c1-2-4-11-10(3-1)14-12(15-11)9-5-7-13-8-6-9;;;/h1-4,9,13H,5-8H2,(H,14,15);2*1H;1H2. The van der Waals surface area contributed by atoms with Gasteiger partial charge in [-0.25, -0.2) is 4.98 Å². The molecule has 1 saturated heterocycles. The number of imidazole rings is 1. The molecule has 102 valence electrons. The topological polar surface area (TPSA) is 72.2 Å². The normalized spacial score (nSPS) is 15.3. The summed E-state index contributed by atoms with van der Waals surface area (Å²) in [4.78, 5) is 8.08. The summed E-state index contributed by atoms with van der Waals surface area (Å²) in [6.45, 7) is 2.23. The molecule has 0 aliphatic carbocycles. The molecule has 1 aliphatic heterocycles. The van der Waals surface area contributed by atoms with Gasteiger partial charge in [-0.2, -0.15) is 0 Å². The molecule has 3 rings (SSSR count). The van der Waals surface area contributed by atoms with Crippen molar-refractivity contribution in [1.29, 1.82) is 0 Å². The molecule has 1 aromatic heterocycles. The van der Waals surface area contributed by atoms with Crippen molar-refractivity contribution in [2.45, 2.75) is 18.8 Å². The molecule has 1 fully saturated rings. The molecule has 0 spiro atoms. The molecule has 2 heterocycles. The Morgan fingerprint density at radius 2 is 1.72 bits per heavy atom. The number of halogens is 2. The second-order valence-electron chi connectivity index (χ2n) is 4.16. The minimum atomic E-state index is 0. The zero-order valence-corrected chi connectivity index (χ0v) is 11.6. The number of fused-ring (bicyclic) bond motifs is 1. The van der Waals surface area contributed by atoms with Gasteiger partial charge in [0.15, 0.2) is 0 Å². The molecule has 0 saturated carbocycles. The van der Waals surface area contributed by atoms with Gasteiger partial charge < -0.3 is 15.8 Å². The zero-order valence-electron chi connectivity index (χ0n) is 9.98. The third-order valence-electron chi connectivity index (χ3n) is 3.13. The molecule has 6 heteroatoms. The largest absolute Gasteiger partial charge is 0.412 e. The van der Waals surface area contributed by atoms with Crippen LogP contribution in [0.3, 0.4) is 0 Å². The fraction of sp³-hybridized carbons (Fsp3) is 0.417. The number of benzene rings is 1. The molecule has 1 aliphatic rings. The third kappa shape index (κ3) is 3.36. The van der Waals surface area contributed by atoms with Crippen molar-refractivity contribution in [2.24, 2.45) is 0 Å². The first-order valence-electron chi connectivity index (χ1n) is 5.59. The van der Waals surface area contributed by atoms with Crippen LogP contribution < -0.4 is 5.32 Å². The van der Waals surface area contributed by atoms with Crippen LogP contribution in [0, 0.1) is 0 Å². The quantitative estimate of drug-likeness (QED) is 0.844. The molecule has 4 N–H and O–H groups in total. The van der Waals surface area contributed by atoms with Gasteiger partial charge in [-0.15, -0.1) is 24.8 Å². The van der Waals surface area contributed by atoms with Crippen molar-refractivity contribution in [3.05, 3.63) is 30.1 Å². The number of aromatic amines is 1. The molecule has 0 amide bonds. The van der Waals surface area contributed by atoms with Crippen LogP contribution in [0.2, 0.25) is 0 Å². The fourth-order valence-electron chi connectivity index (χ4n) is 2.26. The molecule has 18 heavy (non-hydrogen) atoms. The monoisotopic (exact) mass is 291 g/mol. The summed E-state index contributed by atoms with van der Waals surface area (Å²) in [6.07, 6.45) is 2.39. The second kappa shape index (κ2) is 7.59. The number of piperidine rings is 1. The van der Waals surface area contributed by atoms with Crippen molar-refractivity contribution in [3.63, 3.8) is 0 Å². The fourth-order valence-corrected chi connectivity index (χ4v) is 2.26. The average Bonchev–Trinajstić information content (AvgIpc) is 2.74. The molecular formula is C12H19Cl2N3O. The van der Waals surface area contributed by atoms with E-state index in [1.807, 2.05) is 12.1 Å². The van der Waals surface area contributed by atoms with E-state index in [2.05, 4.69) is 27.4 Å². The number of rotatable bonds is 1. The number of H-pyrrole nitrogens is 1. The predicted molar refractivity (Wildman–Crippen MR) is 79.0 cm³/mol. The first-order valence-corrected chi connectivity index (χ1v) is 5.59.